The van der Waals surface area contributed by atoms with Crippen molar-refractivity contribution in [1.82, 2.24) is 0 Å². The molecule has 5 heteroatoms. The van der Waals surface area contributed by atoms with Gasteiger partial charge in [-0.1, -0.05) is 59.3 Å². The highest BCUT2D eigenvalue weighted by molar-refractivity contribution is 4.89. The Morgan fingerprint density at radius 2 is 1.24 bits per heavy atom. The van der Waals surface area contributed by atoms with Gasteiger partial charge in [-0.05, 0) is 19.3 Å². The number of hydrogen-bond donors (Lipinski definition) is 1. The van der Waals surface area contributed by atoms with Crippen LogP contribution in [-0.2, 0) is 18.9 Å². The Balaban J connectivity index is 2.45. The van der Waals surface area contributed by atoms with Crippen LogP contribution >= 0.6 is 0 Å². The van der Waals surface area contributed by atoms with Crippen molar-refractivity contribution in [3.8, 4) is 0 Å². The largest absolute Gasteiger partial charge is 0.379 e. The number of aliphatic hydroxyl groups is 1. The van der Waals surface area contributed by atoms with Crippen LogP contribution in [0.15, 0.2) is 0 Å². The lowest BCUT2D eigenvalue weighted by Crippen LogP contribution is -2.39. The molecule has 0 amide bonds. The Bertz CT molecular complexity index is 300. The van der Waals surface area contributed by atoms with Crippen LogP contribution in [0, 0.1) is 0 Å². The summed E-state index contributed by atoms with van der Waals surface area (Å²) in [6.45, 7) is 9.02. The maximum atomic E-state index is 10.2. The number of ether oxygens (including phenoxy) is 4. The monoisotopic (exact) mass is 360 g/mol. The van der Waals surface area contributed by atoms with Crippen molar-refractivity contribution < 1.29 is 24.1 Å². The summed E-state index contributed by atoms with van der Waals surface area (Å²) in [4.78, 5) is 0. The fraction of sp³-hybridized carbons (Fsp3) is 1.00. The fourth-order valence-corrected chi connectivity index (χ4v) is 3.02. The molecule has 0 aliphatic carbocycles. The van der Waals surface area contributed by atoms with E-state index in [-0.39, 0.29) is 12.2 Å². The van der Waals surface area contributed by atoms with E-state index < -0.39 is 12.4 Å². The predicted molar refractivity (Wildman–Crippen MR) is 99.8 cm³/mol. The van der Waals surface area contributed by atoms with E-state index in [0.29, 0.717) is 19.8 Å². The molecule has 5 nitrogen and oxygen atoms in total. The van der Waals surface area contributed by atoms with Gasteiger partial charge < -0.3 is 24.1 Å². The van der Waals surface area contributed by atoms with Gasteiger partial charge in [-0.25, -0.2) is 0 Å². The average molecular weight is 361 g/mol. The van der Waals surface area contributed by atoms with Gasteiger partial charge in [-0.2, -0.15) is 0 Å². The number of rotatable bonds is 16. The molecule has 0 spiro atoms. The van der Waals surface area contributed by atoms with Crippen LogP contribution in [0.2, 0.25) is 0 Å². The van der Waals surface area contributed by atoms with E-state index in [1.54, 1.807) is 0 Å². The van der Waals surface area contributed by atoms with Crippen molar-refractivity contribution in [1.29, 1.82) is 0 Å². The van der Waals surface area contributed by atoms with Crippen molar-refractivity contribution in [3.05, 3.63) is 0 Å². The molecule has 25 heavy (non-hydrogen) atoms. The fourth-order valence-electron chi connectivity index (χ4n) is 3.02. The molecule has 1 rings (SSSR count). The Hall–Kier alpha value is -0.200. The normalized spacial score (nSPS) is 26.4. The first kappa shape index (κ1) is 22.8. The van der Waals surface area contributed by atoms with Crippen LogP contribution < -0.4 is 0 Å². The van der Waals surface area contributed by atoms with Crippen molar-refractivity contribution in [3.63, 3.8) is 0 Å². The summed E-state index contributed by atoms with van der Waals surface area (Å²) in [5.74, 6) is 0. The van der Waals surface area contributed by atoms with Crippen LogP contribution in [-0.4, -0.2) is 56.1 Å². The third-order valence-corrected chi connectivity index (χ3v) is 4.58. The third kappa shape index (κ3) is 9.34. The SMILES string of the molecule is CCCCCOC[C@H]1OC(O)[C@H](OCCCCC)[C@@H]1OCCCCC. The van der Waals surface area contributed by atoms with Gasteiger partial charge in [0.2, 0.25) is 0 Å². The van der Waals surface area contributed by atoms with Crippen LogP contribution in [0.25, 0.3) is 0 Å². The Kier molecular flexibility index (Phi) is 13.6. The summed E-state index contributed by atoms with van der Waals surface area (Å²) < 4.78 is 23.4. The second-order valence-electron chi connectivity index (χ2n) is 6.93. The molecular weight excluding hydrogens is 320 g/mol. The molecule has 1 fully saturated rings. The molecule has 0 aromatic rings. The summed E-state index contributed by atoms with van der Waals surface area (Å²) in [6, 6.07) is 0. The van der Waals surface area contributed by atoms with Crippen molar-refractivity contribution >= 4 is 0 Å². The Morgan fingerprint density at radius 3 is 1.80 bits per heavy atom. The quantitative estimate of drug-likeness (QED) is 0.421. The highest BCUT2D eigenvalue weighted by Gasteiger charge is 2.45. The number of unbranched alkanes of at least 4 members (excludes halogenated alkanes) is 6. The molecule has 1 unspecified atom stereocenters. The molecule has 150 valence electrons. The molecule has 0 aromatic heterocycles. The molecule has 0 saturated carbocycles. The first-order chi connectivity index (χ1) is 12.2. The second kappa shape index (κ2) is 14.9. The van der Waals surface area contributed by atoms with Gasteiger partial charge in [0.1, 0.15) is 18.3 Å². The highest BCUT2D eigenvalue weighted by atomic mass is 16.7. The maximum absolute atomic E-state index is 10.2. The maximum Gasteiger partial charge on any atom is 0.184 e. The second-order valence-corrected chi connectivity index (χ2v) is 6.93. The van der Waals surface area contributed by atoms with Crippen molar-refractivity contribution in [2.24, 2.45) is 0 Å². The lowest BCUT2D eigenvalue weighted by atomic mass is 10.1. The van der Waals surface area contributed by atoms with Crippen molar-refractivity contribution in [2.75, 3.05) is 26.4 Å². The van der Waals surface area contributed by atoms with Gasteiger partial charge in [-0.15, -0.1) is 0 Å². The zero-order valence-corrected chi connectivity index (χ0v) is 16.6. The van der Waals surface area contributed by atoms with Gasteiger partial charge in [-0.3, -0.25) is 0 Å². The molecule has 1 heterocycles. The van der Waals surface area contributed by atoms with Crippen LogP contribution in [0.3, 0.4) is 0 Å². The molecule has 1 aliphatic heterocycles. The van der Waals surface area contributed by atoms with E-state index in [0.717, 1.165) is 51.6 Å². The van der Waals surface area contributed by atoms with Crippen LogP contribution in [0.4, 0.5) is 0 Å². The molecule has 1 N–H and O–H groups in total. The van der Waals surface area contributed by atoms with E-state index in [9.17, 15) is 5.11 Å². The van der Waals surface area contributed by atoms with Gasteiger partial charge >= 0.3 is 0 Å². The standard InChI is InChI=1S/C20H40O5/c1-4-7-10-13-22-16-17-18(23-14-11-8-5-2)19(20(21)25-17)24-15-12-9-6-3/h17-21H,4-16H2,1-3H3/t17-,18-,19-,20?/m1/s1. The molecule has 1 aliphatic rings. The van der Waals surface area contributed by atoms with E-state index >= 15 is 0 Å². The summed E-state index contributed by atoms with van der Waals surface area (Å²) in [6.07, 6.45) is 8.19. The zero-order chi connectivity index (χ0) is 18.3. The predicted octanol–water partition coefficient (Wildman–Crippen LogP) is 4.06. The molecule has 0 aromatic carbocycles. The van der Waals surface area contributed by atoms with Crippen molar-refractivity contribution in [2.45, 2.75) is 103 Å². The molecule has 4 atom stereocenters. The van der Waals surface area contributed by atoms with E-state index in [2.05, 4.69) is 20.8 Å². The van der Waals surface area contributed by atoms with E-state index in [4.69, 9.17) is 18.9 Å². The topological polar surface area (TPSA) is 57.2 Å². The first-order valence-corrected chi connectivity index (χ1v) is 10.4. The number of hydrogen-bond acceptors (Lipinski definition) is 5. The van der Waals surface area contributed by atoms with Crippen LogP contribution in [0.1, 0.15) is 78.6 Å². The average Bonchev–Trinajstić information content (AvgIpc) is 2.90. The Labute approximate surface area is 154 Å². The van der Waals surface area contributed by atoms with E-state index in [1.165, 1.54) is 12.8 Å². The van der Waals surface area contributed by atoms with Crippen LogP contribution in [0.5, 0.6) is 0 Å². The molecule has 0 radical (unpaired) electrons. The first-order valence-electron chi connectivity index (χ1n) is 10.4. The van der Waals surface area contributed by atoms with Gasteiger partial charge in [0, 0.05) is 19.8 Å². The van der Waals surface area contributed by atoms with Gasteiger partial charge in [0.25, 0.3) is 0 Å². The summed E-state index contributed by atoms with van der Waals surface area (Å²) >= 11 is 0. The smallest absolute Gasteiger partial charge is 0.184 e. The number of aliphatic hydroxyl groups excluding tert-OH is 1. The summed E-state index contributed by atoms with van der Waals surface area (Å²) in [5, 5.41) is 10.2. The van der Waals surface area contributed by atoms with E-state index in [1.807, 2.05) is 0 Å². The molecule has 0 bridgehead atoms. The molecular formula is C20H40O5. The highest BCUT2D eigenvalue weighted by Crippen LogP contribution is 2.26. The summed E-state index contributed by atoms with van der Waals surface area (Å²) in [5.41, 5.74) is 0. The lowest BCUT2D eigenvalue weighted by Gasteiger charge is -2.24. The minimum atomic E-state index is -0.929. The Morgan fingerprint density at radius 1 is 0.720 bits per heavy atom. The minimum Gasteiger partial charge on any atom is -0.379 e. The third-order valence-electron chi connectivity index (χ3n) is 4.58. The minimum absolute atomic E-state index is 0.250. The zero-order valence-electron chi connectivity index (χ0n) is 16.6. The van der Waals surface area contributed by atoms with Gasteiger partial charge in [0.15, 0.2) is 6.29 Å². The lowest BCUT2D eigenvalue weighted by molar-refractivity contribution is -0.150. The molecule has 1 saturated heterocycles. The van der Waals surface area contributed by atoms with Gasteiger partial charge in [0.05, 0.1) is 6.61 Å². The summed E-state index contributed by atoms with van der Waals surface area (Å²) in [7, 11) is 0.